The molecule has 4 aromatic carbocycles. The Hall–Kier alpha value is -3.08. The summed E-state index contributed by atoms with van der Waals surface area (Å²) < 4.78 is 10.7. The van der Waals surface area contributed by atoms with Gasteiger partial charge in [-0.05, 0) is 45.8 Å². The van der Waals surface area contributed by atoms with Gasteiger partial charge in [0.1, 0.15) is 24.2 Å². The Morgan fingerprint density at radius 2 is 1.31 bits per heavy atom. The topological polar surface area (TPSA) is 62.2 Å². The number of hydrogen-bond acceptors (Lipinski definition) is 4. The standard InChI is InChI=1S/C13H12O2.C10H8O.CH4O.CH4/c1-2-4-11-7-12(6-5-10(11)3-1)14-8-13-9-15-13;11-10-6-5-8-3-1-2-4-9(8)7-10;1-2;/h1-7,13H,8-9H2;1-7,11H;2H,1H3;1H4. The molecule has 0 aromatic heterocycles. The fourth-order valence-electron chi connectivity index (χ4n) is 2.79. The van der Waals surface area contributed by atoms with E-state index < -0.39 is 0 Å². The summed E-state index contributed by atoms with van der Waals surface area (Å²) >= 11 is 0. The first-order valence-corrected chi connectivity index (χ1v) is 9.14. The van der Waals surface area contributed by atoms with Crippen molar-refractivity contribution in [3.05, 3.63) is 84.9 Å². The lowest BCUT2D eigenvalue weighted by atomic mass is 10.1. The van der Waals surface area contributed by atoms with Gasteiger partial charge in [0.15, 0.2) is 0 Å². The number of aliphatic hydroxyl groups excluding tert-OH is 1. The summed E-state index contributed by atoms with van der Waals surface area (Å²) in [4.78, 5) is 0. The lowest BCUT2D eigenvalue weighted by Crippen LogP contribution is -2.03. The molecule has 1 aliphatic rings. The van der Waals surface area contributed by atoms with Crippen LogP contribution in [-0.2, 0) is 4.74 Å². The Morgan fingerprint density at radius 3 is 1.90 bits per heavy atom. The van der Waals surface area contributed by atoms with Crippen LogP contribution in [0.25, 0.3) is 21.5 Å². The monoisotopic (exact) mass is 392 g/mol. The first kappa shape index (κ1) is 22.2. The number of epoxide rings is 1. The maximum absolute atomic E-state index is 9.13. The fraction of sp³-hybridized carbons (Fsp3) is 0.200. The van der Waals surface area contributed by atoms with E-state index in [1.54, 1.807) is 12.1 Å². The molecule has 0 aliphatic carbocycles. The van der Waals surface area contributed by atoms with Crippen molar-refractivity contribution in [2.24, 2.45) is 0 Å². The average molecular weight is 392 g/mol. The van der Waals surface area contributed by atoms with Gasteiger partial charge in [-0.1, -0.05) is 68.1 Å². The maximum Gasteiger partial charge on any atom is 0.120 e. The second-order valence-electron chi connectivity index (χ2n) is 6.31. The molecule has 5 rings (SSSR count). The molecular weight excluding hydrogens is 364 g/mol. The third-order valence-corrected chi connectivity index (χ3v) is 4.29. The van der Waals surface area contributed by atoms with Gasteiger partial charge in [-0.15, -0.1) is 0 Å². The van der Waals surface area contributed by atoms with Crippen molar-refractivity contribution >= 4 is 21.5 Å². The van der Waals surface area contributed by atoms with E-state index in [0.717, 1.165) is 30.2 Å². The summed E-state index contributed by atoms with van der Waals surface area (Å²) in [5.41, 5.74) is 0. The first-order chi connectivity index (χ1) is 13.8. The van der Waals surface area contributed by atoms with Crippen LogP contribution in [0, 0.1) is 0 Å². The molecule has 1 heterocycles. The van der Waals surface area contributed by atoms with Gasteiger partial charge >= 0.3 is 0 Å². The number of benzene rings is 4. The summed E-state index contributed by atoms with van der Waals surface area (Å²) in [5, 5.41) is 20.8. The average Bonchev–Trinajstić information content (AvgIpc) is 3.58. The van der Waals surface area contributed by atoms with Crippen LogP contribution in [0.2, 0.25) is 0 Å². The molecule has 0 bridgehead atoms. The highest BCUT2D eigenvalue weighted by Crippen LogP contribution is 2.22. The zero-order chi connectivity index (χ0) is 19.8. The molecule has 2 N–H and O–H groups in total. The van der Waals surface area contributed by atoms with E-state index in [1.807, 2.05) is 48.5 Å². The number of ether oxygens (including phenoxy) is 2. The van der Waals surface area contributed by atoms with E-state index in [9.17, 15) is 0 Å². The Balaban J connectivity index is 0.000000192. The maximum atomic E-state index is 9.13. The second kappa shape index (κ2) is 11.1. The highest BCUT2D eigenvalue weighted by atomic mass is 16.6. The van der Waals surface area contributed by atoms with E-state index in [2.05, 4.69) is 24.3 Å². The lowest BCUT2D eigenvalue weighted by Gasteiger charge is -2.05. The molecule has 29 heavy (non-hydrogen) atoms. The minimum atomic E-state index is 0. The minimum Gasteiger partial charge on any atom is -0.508 e. The van der Waals surface area contributed by atoms with Crippen molar-refractivity contribution in [1.29, 1.82) is 0 Å². The van der Waals surface area contributed by atoms with E-state index in [-0.39, 0.29) is 7.43 Å². The van der Waals surface area contributed by atoms with Gasteiger partial charge in [0.05, 0.1) is 6.61 Å². The number of phenols is 1. The molecule has 1 saturated heterocycles. The fourth-order valence-corrected chi connectivity index (χ4v) is 2.79. The second-order valence-corrected chi connectivity index (χ2v) is 6.31. The highest BCUT2D eigenvalue weighted by Gasteiger charge is 2.22. The van der Waals surface area contributed by atoms with Crippen LogP contribution in [0.5, 0.6) is 11.5 Å². The SMILES string of the molecule is C.CO.Oc1ccc2ccccc2c1.c1ccc2cc(OCC3CO3)ccc2c1. The molecule has 4 aromatic rings. The number of fused-ring (bicyclic) bond motifs is 2. The van der Waals surface area contributed by atoms with Gasteiger partial charge in [0.25, 0.3) is 0 Å². The van der Waals surface area contributed by atoms with Gasteiger partial charge in [-0.25, -0.2) is 0 Å². The van der Waals surface area contributed by atoms with Crippen LogP contribution in [0.1, 0.15) is 7.43 Å². The molecule has 0 spiro atoms. The summed E-state index contributed by atoms with van der Waals surface area (Å²) in [6.45, 7) is 1.51. The molecule has 1 aliphatic heterocycles. The third kappa shape index (κ3) is 6.49. The Morgan fingerprint density at radius 1 is 0.793 bits per heavy atom. The summed E-state index contributed by atoms with van der Waals surface area (Å²) in [7, 11) is 1.00. The summed E-state index contributed by atoms with van der Waals surface area (Å²) in [5.74, 6) is 1.24. The number of rotatable bonds is 3. The van der Waals surface area contributed by atoms with Crippen molar-refractivity contribution in [2.75, 3.05) is 20.3 Å². The van der Waals surface area contributed by atoms with Crippen LogP contribution in [0.4, 0.5) is 0 Å². The van der Waals surface area contributed by atoms with E-state index in [4.69, 9.17) is 19.7 Å². The zero-order valence-electron chi connectivity index (χ0n) is 15.8. The number of phenolic OH excluding ortho intramolecular Hbond substituents is 1. The van der Waals surface area contributed by atoms with E-state index in [0.29, 0.717) is 18.5 Å². The molecule has 152 valence electrons. The van der Waals surface area contributed by atoms with E-state index in [1.165, 1.54) is 10.8 Å². The molecule has 4 nitrogen and oxygen atoms in total. The number of aromatic hydroxyl groups is 1. The van der Waals surface area contributed by atoms with Crippen molar-refractivity contribution in [3.8, 4) is 11.5 Å². The Kier molecular flexibility index (Phi) is 8.46. The molecular formula is C25H28O4. The van der Waals surface area contributed by atoms with Crippen molar-refractivity contribution in [3.63, 3.8) is 0 Å². The van der Waals surface area contributed by atoms with Crippen LogP contribution < -0.4 is 4.74 Å². The van der Waals surface area contributed by atoms with Gasteiger partial charge in [0.2, 0.25) is 0 Å². The predicted octanol–water partition coefficient (Wildman–Crippen LogP) is 5.41. The predicted molar refractivity (Wildman–Crippen MR) is 120 cm³/mol. The largest absolute Gasteiger partial charge is 0.508 e. The zero-order valence-corrected chi connectivity index (χ0v) is 15.8. The first-order valence-electron chi connectivity index (χ1n) is 9.14. The Labute approximate surface area is 172 Å². The molecule has 1 unspecified atom stereocenters. The molecule has 1 atom stereocenters. The van der Waals surface area contributed by atoms with Crippen LogP contribution >= 0.6 is 0 Å². The number of aliphatic hydroxyl groups is 1. The normalized spacial score (nSPS) is 13.9. The third-order valence-electron chi connectivity index (χ3n) is 4.29. The molecule has 0 saturated carbocycles. The summed E-state index contributed by atoms with van der Waals surface area (Å²) in [6, 6.07) is 27.7. The van der Waals surface area contributed by atoms with Gasteiger partial charge in [-0.3, -0.25) is 0 Å². The summed E-state index contributed by atoms with van der Waals surface area (Å²) in [6.07, 6.45) is 0.316. The molecule has 0 radical (unpaired) electrons. The van der Waals surface area contributed by atoms with Crippen LogP contribution in [0.3, 0.4) is 0 Å². The van der Waals surface area contributed by atoms with Gasteiger partial charge in [-0.2, -0.15) is 0 Å². The lowest BCUT2D eigenvalue weighted by molar-refractivity contribution is 0.263. The Bertz CT molecular complexity index is 1030. The van der Waals surface area contributed by atoms with Crippen molar-refractivity contribution in [1.82, 2.24) is 0 Å². The van der Waals surface area contributed by atoms with Gasteiger partial charge < -0.3 is 19.7 Å². The van der Waals surface area contributed by atoms with Crippen molar-refractivity contribution < 1.29 is 19.7 Å². The molecule has 1 fully saturated rings. The smallest absolute Gasteiger partial charge is 0.120 e. The van der Waals surface area contributed by atoms with E-state index >= 15 is 0 Å². The number of hydrogen-bond donors (Lipinski definition) is 2. The molecule has 0 amide bonds. The molecule has 4 heteroatoms. The highest BCUT2D eigenvalue weighted by molar-refractivity contribution is 5.84. The van der Waals surface area contributed by atoms with Gasteiger partial charge in [0, 0.05) is 7.11 Å². The minimum absolute atomic E-state index is 0. The quantitative estimate of drug-likeness (QED) is 0.458. The van der Waals surface area contributed by atoms with Crippen molar-refractivity contribution in [2.45, 2.75) is 13.5 Å². The van der Waals surface area contributed by atoms with Crippen LogP contribution in [-0.4, -0.2) is 36.6 Å². The van der Waals surface area contributed by atoms with Crippen LogP contribution in [0.15, 0.2) is 84.9 Å².